The summed E-state index contributed by atoms with van der Waals surface area (Å²) in [6, 6.07) is 16.4. The summed E-state index contributed by atoms with van der Waals surface area (Å²) in [5.74, 6) is 1.11. The van der Waals surface area contributed by atoms with Crippen molar-refractivity contribution in [1.82, 2.24) is 4.98 Å². The monoisotopic (exact) mass is 544 g/mol. The van der Waals surface area contributed by atoms with E-state index in [4.69, 9.17) is 19.6 Å². The second-order valence-electron chi connectivity index (χ2n) is 7.23. The van der Waals surface area contributed by atoms with Crippen molar-refractivity contribution in [1.29, 1.82) is 0 Å². The van der Waals surface area contributed by atoms with E-state index in [0.717, 1.165) is 39.0 Å². The van der Waals surface area contributed by atoms with E-state index in [-0.39, 0.29) is 28.8 Å². The molecule has 0 fully saturated rings. The Bertz CT molecular complexity index is 1260. The second-order valence-corrected chi connectivity index (χ2v) is 9.01. The van der Waals surface area contributed by atoms with Gasteiger partial charge in [0, 0.05) is 17.4 Å². The van der Waals surface area contributed by atoms with Gasteiger partial charge in [-0.2, -0.15) is 5.10 Å². The van der Waals surface area contributed by atoms with Crippen molar-refractivity contribution < 1.29 is 30.8 Å². The molecule has 1 unspecified atom stereocenters. The Balaban J connectivity index is 0.00000259. The lowest BCUT2D eigenvalue weighted by Gasteiger charge is -2.22. The SMILES string of the molecule is COc1ccc(C2CC(c3cccs3)=NN2c2nc(-c3ccc(F)cc3)cs2)cc1OC.[Br-]. The molecule has 1 aliphatic heterocycles. The Labute approximate surface area is 209 Å². The lowest BCUT2D eigenvalue weighted by molar-refractivity contribution is -0.00000738. The first kappa shape index (κ1) is 23.4. The van der Waals surface area contributed by atoms with Crippen LogP contribution in [0.3, 0.4) is 0 Å². The lowest BCUT2D eigenvalue weighted by Crippen LogP contribution is -3.00. The topological polar surface area (TPSA) is 47.0 Å². The van der Waals surface area contributed by atoms with Crippen LogP contribution < -0.4 is 31.5 Å². The number of thiophene rings is 1. The van der Waals surface area contributed by atoms with Crippen molar-refractivity contribution in [2.75, 3.05) is 19.2 Å². The van der Waals surface area contributed by atoms with Crippen molar-refractivity contribution in [2.45, 2.75) is 12.5 Å². The van der Waals surface area contributed by atoms with Crippen LogP contribution in [-0.2, 0) is 0 Å². The maximum Gasteiger partial charge on any atom is 0.207 e. The summed E-state index contributed by atoms with van der Waals surface area (Å²) in [6.45, 7) is 0. The molecule has 0 saturated heterocycles. The van der Waals surface area contributed by atoms with E-state index in [2.05, 4.69) is 11.4 Å². The Hall–Kier alpha value is -2.75. The molecule has 0 spiro atoms. The highest BCUT2D eigenvalue weighted by atomic mass is 79.9. The Morgan fingerprint density at radius 1 is 1.00 bits per heavy atom. The smallest absolute Gasteiger partial charge is 0.207 e. The van der Waals surface area contributed by atoms with Gasteiger partial charge >= 0.3 is 0 Å². The number of hydrazone groups is 1. The molecule has 4 aromatic rings. The number of hydrogen-bond acceptors (Lipinski definition) is 7. The third-order valence-corrected chi connectivity index (χ3v) is 7.09. The fraction of sp³-hybridized carbons (Fsp3) is 0.167. The summed E-state index contributed by atoms with van der Waals surface area (Å²) in [7, 11) is 3.27. The largest absolute Gasteiger partial charge is 1.00 e. The fourth-order valence-electron chi connectivity index (χ4n) is 3.72. The van der Waals surface area contributed by atoms with E-state index in [1.54, 1.807) is 37.7 Å². The maximum atomic E-state index is 13.3. The first-order valence-electron chi connectivity index (χ1n) is 10.00. The molecule has 0 amide bonds. The van der Waals surface area contributed by atoms with E-state index >= 15 is 0 Å². The van der Waals surface area contributed by atoms with Crippen molar-refractivity contribution in [2.24, 2.45) is 5.10 Å². The number of aromatic nitrogens is 1. The zero-order valence-electron chi connectivity index (χ0n) is 17.9. The van der Waals surface area contributed by atoms with Gasteiger partial charge in [-0.05, 0) is 53.4 Å². The van der Waals surface area contributed by atoms with Gasteiger partial charge in [-0.3, -0.25) is 0 Å². The molecular weight excluding hydrogens is 525 g/mol. The number of thiazole rings is 1. The minimum absolute atomic E-state index is 0. The fourth-order valence-corrected chi connectivity index (χ4v) is 5.27. The van der Waals surface area contributed by atoms with Crippen LogP contribution in [-0.4, -0.2) is 24.9 Å². The molecule has 1 atom stereocenters. The van der Waals surface area contributed by atoms with Crippen LogP contribution in [0, 0.1) is 5.82 Å². The molecule has 9 heteroatoms. The van der Waals surface area contributed by atoms with Crippen LogP contribution in [0.5, 0.6) is 11.5 Å². The third-order valence-electron chi connectivity index (χ3n) is 5.34. The van der Waals surface area contributed by atoms with Crippen molar-refractivity contribution in [3.05, 3.63) is 81.6 Å². The van der Waals surface area contributed by atoms with Gasteiger partial charge in [0.05, 0.1) is 36.5 Å². The molecule has 2 aromatic carbocycles. The zero-order valence-corrected chi connectivity index (χ0v) is 21.1. The van der Waals surface area contributed by atoms with Gasteiger partial charge in [-0.25, -0.2) is 14.4 Å². The van der Waals surface area contributed by atoms with E-state index < -0.39 is 0 Å². The molecule has 0 bridgehead atoms. The summed E-state index contributed by atoms with van der Waals surface area (Å²) in [5, 5.41) is 11.8. The van der Waals surface area contributed by atoms with Crippen LogP contribution in [0.15, 0.2) is 70.5 Å². The van der Waals surface area contributed by atoms with Gasteiger partial charge in [0.1, 0.15) is 5.82 Å². The number of halogens is 2. The van der Waals surface area contributed by atoms with Gasteiger partial charge in [0.25, 0.3) is 0 Å². The molecular formula is C24H20BrFN3O2S2-. The van der Waals surface area contributed by atoms with Crippen molar-refractivity contribution in [3.63, 3.8) is 0 Å². The minimum atomic E-state index is -0.262. The lowest BCUT2D eigenvalue weighted by atomic mass is 10.0. The molecule has 5 nitrogen and oxygen atoms in total. The van der Waals surface area contributed by atoms with E-state index in [1.807, 2.05) is 34.7 Å². The standard InChI is InChI=1S/C24H20FN3O2S2.BrH/c1-29-21-10-7-16(12-22(21)30-2)20-13-18(23-4-3-11-31-23)27-28(20)24-26-19(14-32-24)15-5-8-17(25)9-6-15;/h3-12,14,20H,13H2,1-2H3;1H/p-1. The van der Waals surface area contributed by atoms with Gasteiger partial charge in [-0.15, -0.1) is 22.7 Å². The van der Waals surface area contributed by atoms with Gasteiger partial charge in [-0.1, -0.05) is 12.1 Å². The third kappa shape index (κ3) is 4.66. The number of ether oxygens (including phenoxy) is 2. The highest BCUT2D eigenvalue weighted by Gasteiger charge is 2.32. The Morgan fingerprint density at radius 3 is 2.48 bits per heavy atom. The highest BCUT2D eigenvalue weighted by Crippen LogP contribution is 2.42. The van der Waals surface area contributed by atoms with Crippen LogP contribution in [0.1, 0.15) is 22.9 Å². The summed E-state index contributed by atoms with van der Waals surface area (Å²) < 4.78 is 24.3. The van der Waals surface area contributed by atoms with Crippen LogP contribution in [0.4, 0.5) is 9.52 Å². The van der Waals surface area contributed by atoms with E-state index in [9.17, 15) is 4.39 Å². The molecule has 5 rings (SSSR count). The Kier molecular flexibility index (Phi) is 7.11. The van der Waals surface area contributed by atoms with Crippen molar-refractivity contribution >= 4 is 33.5 Å². The molecule has 3 heterocycles. The van der Waals surface area contributed by atoms with Crippen LogP contribution in [0.2, 0.25) is 0 Å². The van der Waals surface area contributed by atoms with Crippen LogP contribution >= 0.6 is 22.7 Å². The van der Waals surface area contributed by atoms with E-state index in [0.29, 0.717) is 11.5 Å². The number of methoxy groups -OCH3 is 2. The van der Waals surface area contributed by atoms with Gasteiger partial charge in [0.15, 0.2) is 11.5 Å². The predicted octanol–water partition coefficient (Wildman–Crippen LogP) is 3.39. The van der Waals surface area contributed by atoms with Gasteiger partial charge in [0.2, 0.25) is 5.13 Å². The molecule has 0 radical (unpaired) electrons. The van der Waals surface area contributed by atoms with Gasteiger partial charge < -0.3 is 26.5 Å². The molecule has 0 saturated carbocycles. The first-order chi connectivity index (χ1) is 15.7. The summed E-state index contributed by atoms with van der Waals surface area (Å²) in [4.78, 5) is 5.97. The van der Waals surface area contributed by atoms with E-state index in [1.165, 1.54) is 23.5 Å². The van der Waals surface area contributed by atoms with Crippen molar-refractivity contribution in [3.8, 4) is 22.8 Å². The molecule has 170 valence electrons. The predicted molar refractivity (Wildman–Crippen MR) is 128 cm³/mol. The highest BCUT2D eigenvalue weighted by molar-refractivity contribution is 7.14. The number of rotatable bonds is 6. The Morgan fingerprint density at radius 2 is 1.79 bits per heavy atom. The summed E-state index contributed by atoms with van der Waals surface area (Å²) in [5.41, 5.74) is 3.77. The number of nitrogens with zero attached hydrogens (tertiary/aromatic N) is 3. The summed E-state index contributed by atoms with van der Waals surface area (Å²) >= 11 is 3.20. The number of hydrogen-bond donors (Lipinski definition) is 0. The normalized spacial score (nSPS) is 15.2. The molecule has 0 N–H and O–H groups in total. The number of benzene rings is 2. The average molecular weight is 545 g/mol. The zero-order chi connectivity index (χ0) is 22.1. The maximum absolute atomic E-state index is 13.3. The molecule has 0 aliphatic carbocycles. The van der Waals surface area contributed by atoms with Crippen LogP contribution in [0.25, 0.3) is 11.3 Å². The molecule has 2 aromatic heterocycles. The number of anilines is 1. The minimum Gasteiger partial charge on any atom is -1.00 e. The average Bonchev–Trinajstić information content (AvgIpc) is 3.59. The summed E-state index contributed by atoms with van der Waals surface area (Å²) in [6.07, 6.45) is 0.751. The molecule has 33 heavy (non-hydrogen) atoms. The quantitative estimate of drug-likeness (QED) is 0.373. The molecule has 1 aliphatic rings. The second kappa shape index (κ2) is 10.0. The first-order valence-corrected chi connectivity index (χ1v) is 11.8.